The van der Waals surface area contributed by atoms with Crippen molar-refractivity contribution in [3.05, 3.63) is 152 Å². The molecular weight excluding hydrogens is 743 g/mol. The number of furan rings is 1. The Balaban J connectivity index is 1.24. The quantitative estimate of drug-likeness (QED) is 0.195. The zero-order valence-electron chi connectivity index (χ0n) is 32.4. The molecule has 0 bridgehead atoms. The molecule has 0 unspecified atom stereocenters. The van der Waals surface area contributed by atoms with Gasteiger partial charge >= 0.3 is 0 Å². The minimum absolute atomic E-state index is 0.0882. The van der Waals surface area contributed by atoms with Gasteiger partial charge in [0.1, 0.15) is 44.8 Å². The summed E-state index contributed by atoms with van der Waals surface area (Å²) < 4.78 is 8.63. The first-order valence-corrected chi connectivity index (χ1v) is 19.5. The molecule has 0 N–H and O–H groups in total. The van der Waals surface area contributed by atoms with Crippen LogP contribution in [0, 0.1) is 0 Å². The van der Waals surface area contributed by atoms with E-state index < -0.39 is 0 Å². The molecular formula is C49H25B5N6O. The van der Waals surface area contributed by atoms with Crippen LogP contribution in [0.5, 0.6) is 0 Å². The van der Waals surface area contributed by atoms with Gasteiger partial charge in [0.25, 0.3) is 0 Å². The van der Waals surface area contributed by atoms with Crippen LogP contribution in [-0.4, -0.2) is 68.7 Å². The third-order valence-electron chi connectivity index (χ3n) is 11.2. The molecule has 0 aliphatic heterocycles. The minimum atomic E-state index is 0.0882. The van der Waals surface area contributed by atoms with Crippen molar-refractivity contribution < 1.29 is 4.42 Å². The van der Waals surface area contributed by atoms with Crippen LogP contribution in [0.1, 0.15) is 0 Å². The third kappa shape index (κ3) is 5.93. The van der Waals surface area contributed by atoms with Gasteiger partial charge in [-0.2, -0.15) is 4.98 Å². The fourth-order valence-corrected chi connectivity index (χ4v) is 8.20. The first-order valence-electron chi connectivity index (χ1n) is 19.5. The molecule has 0 aliphatic rings. The van der Waals surface area contributed by atoms with Crippen LogP contribution in [0.15, 0.2) is 156 Å². The Morgan fingerprint density at radius 2 is 0.934 bits per heavy atom. The first kappa shape index (κ1) is 36.6. The standard InChI is InChI=1S/C49H25B5N6O/c50-39-38(40(51)42(53)43(54)41(39)52)48-57-45(27-15-5-2-6-16-27)56-47(58-48)32-25-28(23-24-35(32)60-33-20-10-7-17-29(33)30-18-8-11-21-34(30)60)46-55-44(26-13-3-1-4-14-26)37-31-19-9-12-22-36(31)61-49(37)59-46/h1-25H. The summed E-state index contributed by atoms with van der Waals surface area (Å²) in [5.74, 6) is 1.31. The molecule has 0 saturated carbocycles. The maximum Gasteiger partial charge on any atom is 0.231 e. The van der Waals surface area contributed by atoms with Gasteiger partial charge in [-0.15, -0.1) is 16.4 Å². The number of benzene rings is 7. The molecule has 4 aromatic heterocycles. The van der Waals surface area contributed by atoms with E-state index in [1.54, 1.807) is 0 Å². The molecule has 0 spiro atoms. The number of aromatic nitrogens is 6. The second-order valence-electron chi connectivity index (χ2n) is 14.8. The molecule has 12 heteroatoms. The Bertz CT molecular complexity index is 3470. The summed E-state index contributed by atoms with van der Waals surface area (Å²) in [5.41, 5.74) is 8.47. The smallest absolute Gasteiger partial charge is 0.231 e. The van der Waals surface area contributed by atoms with Gasteiger partial charge < -0.3 is 8.98 Å². The number of para-hydroxylation sites is 3. The summed E-state index contributed by atoms with van der Waals surface area (Å²) in [4.78, 5) is 25.6. The van der Waals surface area contributed by atoms with E-state index in [1.807, 2.05) is 127 Å². The fraction of sp³-hybridized carbons (Fsp3) is 0. The van der Waals surface area contributed by atoms with E-state index in [0.717, 1.165) is 60.7 Å². The lowest BCUT2D eigenvalue weighted by Gasteiger charge is -2.21. The zero-order chi connectivity index (χ0) is 41.4. The van der Waals surface area contributed by atoms with Crippen molar-refractivity contribution in [3.63, 3.8) is 0 Å². The van der Waals surface area contributed by atoms with Gasteiger partial charge in [-0.05, 0) is 36.4 Å². The Hall–Kier alpha value is -7.45. The highest BCUT2D eigenvalue weighted by molar-refractivity contribution is 6.68. The van der Waals surface area contributed by atoms with Gasteiger partial charge in [-0.3, -0.25) is 0 Å². The van der Waals surface area contributed by atoms with Crippen molar-refractivity contribution >= 4 is 110 Å². The molecule has 11 rings (SSSR count). The van der Waals surface area contributed by atoms with Crippen molar-refractivity contribution in [2.45, 2.75) is 0 Å². The van der Waals surface area contributed by atoms with Gasteiger partial charge in [-0.25, -0.2) is 19.9 Å². The summed E-state index contributed by atoms with van der Waals surface area (Å²) >= 11 is 0. The number of hydrogen-bond donors (Lipinski definition) is 0. The molecule has 0 amide bonds. The molecule has 0 atom stereocenters. The molecule has 0 aliphatic carbocycles. The predicted molar refractivity (Wildman–Crippen MR) is 251 cm³/mol. The van der Waals surface area contributed by atoms with Crippen LogP contribution in [-0.2, 0) is 0 Å². The van der Waals surface area contributed by atoms with Crippen molar-refractivity contribution in [1.82, 2.24) is 29.5 Å². The molecule has 0 saturated heterocycles. The number of hydrogen-bond acceptors (Lipinski definition) is 6. The lowest BCUT2D eigenvalue weighted by molar-refractivity contribution is 0.653. The molecule has 7 nitrogen and oxygen atoms in total. The minimum Gasteiger partial charge on any atom is -0.438 e. The van der Waals surface area contributed by atoms with Crippen LogP contribution >= 0.6 is 0 Å². The van der Waals surface area contributed by atoms with E-state index in [0.29, 0.717) is 34.3 Å². The lowest BCUT2D eigenvalue weighted by Crippen LogP contribution is -2.55. The largest absolute Gasteiger partial charge is 0.438 e. The van der Waals surface area contributed by atoms with Crippen LogP contribution in [0.4, 0.5) is 0 Å². The van der Waals surface area contributed by atoms with Crippen molar-refractivity contribution in [2.75, 3.05) is 0 Å². The third-order valence-corrected chi connectivity index (χ3v) is 11.2. The number of nitrogens with zero attached hydrogens (tertiary/aromatic N) is 6. The lowest BCUT2D eigenvalue weighted by atomic mass is 9.60. The normalized spacial score (nSPS) is 11.6. The molecule has 4 heterocycles. The van der Waals surface area contributed by atoms with Crippen LogP contribution in [0.3, 0.4) is 0 Å². The maximum atomic E-state index is 6.66. The van der Waals surface area contributed by atoms with Crippen LogP contribution in [0.2, 0.25) is 0 Å². The second kappa shape index (κ2) is 14.4. The fourth-order valence-electron chi connectivity index (χ4n) is 8.20. The molecule has 0 fully saturated rings. The zero-order valence-corrected chi connectivity index (χ0v) is 32.4. The average molecular weight is 768 g/mol. The Kier molecular flexibility index (Phi) is 8.63. The van der Waals surface area contributed by atoms with E-state index in [-0.39, 0.29) is 38.7 Å². The van der Waals surface area contributed by atoms with E-state index in [9.17, 15) is 0 Å². The van der Waals surface area contributed by atoms with E-state index in [4.69, 9.17) is 68.6 Å². The first-order chi connectivity index (χ1) is 29.8. The Morgan fingerprint density at radius 3 is 1.61 bits per heavy atom. The summed E-state index contributed by atoms with van der Waals surface area (Å²) in [6.45, 7) is 0. The van der Waals surface area contributed by atoms with Gasteiger partial charge in [0.05, 0.1) is 27.8 Å². The van der Waals surface area contributed by atoms with Gasteiger partial charge in [0.15, 0.2) is 23.3 Å². The Labute approximate surface area is 357 Å². The highest BCUT2D eigenvalue weighted by Gasteiger charge is 2.24. The van der Waals surface area contributed by atoms with Crippen molar-refractivity contribution in [2.24, 2.45) is 0 Å². The van der Waals surface area contributed by atoms with Crippen LogP contribution in [0.25, 0.3) is 106 Å². The highest BCUT2D eigenvalue weighted by Crippen LogP contribution is 2.40. The molecule has 11 aromatic rings. The highest BCUT2D eigenvalue weighted by atomic mass is 16.3. The summed E-state index contributed by atoms with van der Waals surface area (Å²) in [7, 11) is 32.4. The van der Waals surface area contributed by atoms with Gasteiger partial charge in [0, 0.05) is 44.0 Å². The molecule has 7 aromatic carbocycles. The van der Waals surface area contributed by atoms with E-state index in [1.165, 1.54) is 0 Å². The monoisotopic (exact) mass is 768 g/mol. The summed E-state index contributed by atoms with van der Waals surface area (Å²) in [6, 6.07) is 50.2. The molecule has 61 heavy (non-hydrogen) atoms. The van der Waals surface area contributed by atoms with Gasteiger partial charge in [0.2, 0.25) is 5.71 Å². The summed E-state index contributed by atoms with van der Waals surface area (Å²) in [6.07, 6.45) is 0. The topological polar surface area (TPSA) is 82.5 Å². The Morgan fingerprint density at radius 1 is 0.410 bits per heavy atom. The van der Waals surface area contributed by atoms with Gasteiger partial charge in [-0.1, -0.05) is 126 Å². The number of fused-ring (bicyclic) bond motifs is 6. The SMILES string of the molecule is [B]c1c([B])c([B])c(-c2nc(-c3ccccc3)nc(-c3cc(-c4nc(-c5ccccc5)c5c(n4)oc4ccccc45)ccc3-n3c4ccccc4c4ccccc43)n2)c([B])c1[B]. The predicted octanol–water partition coefficient (Wildman–Crippen LogP) is 5.96. The van der Waals surface area contributed by atoms with E-state index in [2.05, 4.69) is 28.8 Å². The average Bonchev–Trinajstić information content (AvgIpc) is 3.86. The molecule has 10 radical (unpaired) electrons. The van der Waals surface area contributed by atoms with Crippen molar-refractivity contribution in [1.29, 1.82) is 0 Å². The maximum absolute atomic E-state index is 6.66. The molecule has 272 valence electrons. The van der Waals surface area contributed by atoms with Crippen molar-refractivity contribution in [3.8, 4) is 62.5 Å². The van der Waals surface area contributed by atoms with E-state index >= 15 is 0 Å². The number of rotatable bonds is 6. The van der Waals surface area contributed by atoms with Crippen LogP contribution < -0.4 is 27.3 Å². The summed E-state index contributed by atoms with van der Waals surface area (Å²) in [5, 5.41) is 3.95. The second-order valence-corrected chi connectivity index (χ2v) is 14.8.